The van der Waals surface area contributed by atoms with Crippen LogP contribution in [0.1, 0.15) is 38.3 Å². The van der Waals surface area contributed by atoms with Gasteiger partial charge in [0.1, 0.15) is 17.2 Å². The number of hydrogen-bond acceptors (Lipinski definition) is 8. The molecule has 5 heterocycles. The zero-order chi connectivity index (χ0) is 24.9. The monoisotopic (exact) mass is 490 g/mol. The van der Waals surface area contributed by atoms with Crippen molar-refractivity contribution in [1.29, 1.82) is 0 Å². The van der Waals surface area contributed by atoms with Gasteiger partial charge in [0.15, 0.2) is 17.0 Å². The van der Waals surface area contributed by atoms with Crippen LogP contribution < -0.4 is 10.2 Å². The smallest absolute Gasteiger partial charge is 0.239 e. The fraction of sp³-hybridized carbons (Fsp3) is 0.538. The Balaban J connectivity index is 1.58. The van der Waals surface area contributed by atoms with Crippen molar-refractivity contribution < 1.29 is 9.84 Å². The summed E-state index contributed by atoms with van der Waals surface area (Å²) in [6.45, 7) is 8.54. The van der Waals surface area contributed by atoms with Crippen molar-refractivity contribution in [2.24, 2.45) is 13.0 Å². The number of hydrogen-bond donors (Lipinski definition) is 2. The third kappa shape index (κ3) is 3.75. The topological polar surface area (TPSA) is 106 Å². The number of benzene rings is 1. The minimum Gasteiger partial charge on any atom is -0.382 e. The second-order valence-corrected chi connectivity index (χ2v) is 9.99. The summed E-state index contributed by atoms with van der Waals surface area (Å²) < 4.78 is 9.63. The maximum absolute atomic E-state index is 11.8. The molecule has 4 aromatic rings. The highest BCUT2D eigenvalue weighted by Crippen LogP contribution is 2.37. The maximum atomic E-state index is 11.8. The van der Waals surface area contributed by atoms with Gasteiger partial charge in [-0.3, -0.25) is 4.57 Å². The van der Waals surface area contributed by atoms with Crippen LogP contribution in [0, 0.1) is 5.92 Å². The lowest BCUT2D eigenvalue weighted by Gasteiger charge is -2.35. The fourth-order valence-corrected chi connectivity index (χ4v) is 5.69. The molecule has 1 aromatic carbocycles. The van der Waals surface area contributed by atoms with Crippen LogP contribution in [-0.4, -0.2) is 73.6 Å². The van der Waals surface area contributed by atoms with Gasteiger partial charge in [-0.1, -0.05) is 19.1 Å². The maximum Gasteiger partial charge on any atom is 0.239 e. The van der Waals surface area contributed by atoms with Gasteiger partial charge in [-0.05, 0) is 50.9 Å². The van der Waals surface area contributed by atoms with Gasteiger partial charge in [-0.15, -0.1) is 0 Å². The molecule has 10 heteroatoms. The Morgan fingerprint density at radius 3 is 2.58 bits per heavy atom. The van der Waals surface area contributed by atoms with Crippen LogP contribution in [0.2, 0.25) is 0 Å². The Bertz CT molecular complexity index is 1400. The number of anilines is 1. The SMILES string of the molecule is CCc1nc2ccccc2n1-c1nc(N2CCOCC2)c2nc(C(C)(O)C3CCNCC3)n(C)c2n1. The summed E-state index contributed by atoms with van der Waals surface area (Å²) in [4.78, 5) is 22.2. The van der Waals surface area contributed by atoms with Gasteiger partial charge in [0, 0.05) is 26.6 Å². The van der Waals surface area contributed by atoms with E-state index < -0.39 is 5.60 Å². The molecule has 0 bridgehead atoms. The van der Waals surface area contributed by atoms with Crippen molar-refractivity contribution in [1.82, 2.24) is 34.4 Å². The third-order valence-corrected chi connectivity index (χ3v) is 7.73. The Kier molecular flexibility index (Phi) is 5.89. The van der Waals surface area contributed by atoms with Crippen molar-refractivity contribution in [3.05, 3.63) is 35.9 Å². The lowest BCUT2D eigenvalue weighted by molar-refractivity contribution is -0.0281. The number of piperidine rings is 1. The lowest BCUT2D eigenvalue weighted by atomic mass is 9.81. The molecule has 0 aliphatic carbocycles. The minimum absolute atomic E-state index is 0.123. The van der Waals surface area contributed by atoms with E-state index in [1.807, 2.05) is 36.7 Å². The van der Waals surface area contributed by atoms with Gasteiger partial charge < -0.3 is 24.6 Å². The quantitative estimate of drug-likeness (QED) is 0.439. The number of aryl methyl sites for hydroxylation is 2. The van der Waals surface area contributed by atoms with Gasteiger partial charge >= 0.3 is 0 Å². The number of nitrogens with one attached hydrogen (secondary N) is 1. The van der Waals surface area contributed by atoms with Crippen LogP contribution in [0.15, 0.2) is 24.3 Å². The summed E-state index contributed by atoms with van der Waals surface area (Å²) in [6.07, 6.45) is 2.57. The van der Waals surface area contributed by atoms with E-state index in [9.17, 15) is 5.11 Å². The fourth-order valence-electron chi connectivity index (χ4n) is 5.69. The highest BCUT2D eigenvalue weighted by atomic mass is 16.5. The molecule has 2 aliphatic heterocycles. The molecule has 36 heavy (non-hydrogen) atoms. The number of aliphatic hydroxyl groups is 1. The van der Waals surface area contributed by atoms with Crippen LogP contribution in [0.3, 0.4) is 0 Å². The molecule has 2 saturated heterocycles. The van der Waals surface area contributed by atoms with Crippen LogP contribution >= 0.6 is 0 Å². The van der Waals surface area contributed by atoms with Crippen molar-refractivity contribution in [3.8, 4) is 5.95 Å². The molecule has 2 aliphatic rings. The zero-order valence-corrected chi connectivity index (χ0v) is 21.2. The molecule has 1 atom stereocenters. The average Bonchev–Trinajstić information content (AvgIpc) is 3.47. The molecule has 0 spiro atoms. The largest absolute Gasteiger partial charge is 0.382 e. The first-order valence-electron chi connectivity index (χ1n) is 13.0. The number of para-hydroxylation sites is 2. The van der Waals surface area contributed by atoms with E-state index in [0.717, 1.165) is 73.6 Å². The van der Waals surface area contributed by atoms with Crippen molar-refractivity contribution >= 4 is 28.0 Å². The van der Waals surface area contributed by atoms with Gasteiger partial charge in [0.05, 0.1) is 24.2 Å². The second kappa shape index (κ2) is 9.10. The molecule has 2 N–H and O–H groups in total. The van der Waals surface area contributed by atoms with Crippen molar-refractivity contribution in [3.63, 3.8) is 0 Å². The molecule has 1 unspecified atom stereocenters. The first-order chi connectivity index (χ1) is 17.5. The zero-order valence-electron chi connectivity index (χ0n) is 21.2. The number of fused-ring (bicyclic) bond motifs is 2. The van der Waals surface area contributed by atoms with E-state index in [1.54, 1.807) is 0 Å². The van der Waals surface area contributed by atoms with Crippen LogP contribution in [0.25, 0.3) is 28.1 Å². The van der Waals surface area contributed by atoms with Gasteiger partial charge in [0.25, 0.3) is 0 Å². The van der Waals surface area contributed by atoms with E-state index in [2.05, 4.69) is 27.8 Å². The molecular weight excluding hydrogens is 456 g/mol. The normalized spacial score (nSPS) is 19.3. The molecule has 6 rings (SSSR count). The number of morpholine rings is 1. The number of imidazole rings is 2. The Hall–Kier alpha value is -3.08. The Morgan fingerprint density at radius 1 is 1.08 bits per heavy atom. The van der Waals surface area contributed by atoms with Crippen LogP contribution in [0.4, 0.5) is 5.82 Å². The summed E-state index contributed by atoms with van der Waals surface area (Å²) in [5.41, 5.74) is 2.26. The molecule has 190 valence electrons. The molecule has 3 aromatic heterocycles. The summed E-state index contributed by atoms with van der Waals surface area (Å²) >= 11 is 0. The first-order valence-corrected chi connectivity index (χ1v) is 13.0. The Morgan fingerprint density at radius 2 is 1.83 bits per heavy atom. The van der Waals surface area contributed by atoms with Crippen molar-refractivity contribution in [2.45, 2.75) is 38.7 Å². The number of ether oxygens (including phenoxy) is 1. The van der Waals surface area contributed by atoms with Crippen LogP contribution in [0.5, 0.6) is 0 Å². The minimum atomic E-state index is -1.07. The molecule has 0 saturated carbocycles. The van der Waals surface area contributed by atoms with E-state index in [-0.39, 0.29) is 5.92 Å². The number of aromatic nitrogens is 6. The number of nitrogens with zero attached hydrogens (tertiary/aromatic N) is 7. The first kappa shape index (κ1) is 23.3. The summed E-state index contributed by atoms with van der Waals surface area (Å²) in [6, 6.07) is 8.09. The average molecular weight is 491 g/mol. The van der Waals surface area contributed by atoms with Crippen molar-refractivity contribution in [2.75, 3.05) is 44.3 Å². The van der Waals surface area contributed by atoms with E-state index in [4.69, 9.17) is 24.7 Å². The molecular formula is C26H34N8O2. The molecule has 10 nitrogen and oxygen atoms in total. The van der Waals surface area contributed by atoms with Gasteiger partial charge in [-0.25, -0.2) is 9.97 Å². The predicted molar refractivity (Wildman–Crippen MR) is 139 cm³/mol. The number of rotatable bonds is 5. The van der Waals surface area contributed by atoms with E-state index in [0.29, 0.717) is 30.6 Å². The highest BCUT2D eigenvalue weighted by molar-refractivity contribution is 5.86. The summed E-state index contributed by atoms with van der Waals surface area (Å²) in [5.74, 6) is 3.02. The lowest BCUT2D eigenvalue weighted by Crippen LogP contribution is -2.41. The Labute approximate surface area is 210 Å². The summed E-state index contributed by atoms with van der Waals surface area (Å²) in [5, 5.41) is 15.2. The highest BCUT2D eigenvalue weighted by Gasteiger charge is 2.39. The molecule has 0 radical (unpaired) electrons. The molecule has 2 fully saturated rings. The second-order valence-electron chi connectivity index (χ2n) is 9.99. The predicted octanol–water partition coefficient (Wildman–Crippen LogP) is 2.31. The van der Waals surface area contributed by atoms with E-state index >= 15 is 0 Å². The molecule has 0 amide bonds. The standard InChI is InChI=1S/C26H34N8O2/c1-4-20-28-18-7-5-6-8-19(18)34(20)25-30-22-21(23(31-25)33-13-15-36-16-14-33)29-24(32(22)3)26(2,35)17-9-11-27-12-10-17/h5-8,17,27,35H,4,9-16H2,1-3H3. The third-order valence-electron chi connectivity index (χ3n) is 7.73. The summed E-state index contributed by atoms with van der Waals surface area (Å²) in [7, 11) is 1.95. The van der Waals surface area contributed by atoms with E-state index in [1.165, 1.54) is 0 Å². The van der Waals surface area contributed by atoms with Crippen LogP contribution in [-0.2, 0) is 23.8 Å². The van der Waals surface area contributed by atoms with Gasteiger partial charge in [-0.2, -0.15) is 9.97 Å². The van der Waals surface area contributed by atoms with Gasteiger partial charge in [0.2, 0.25) is 5.95 Å².